The minimum absolute atomic E-state index is 0. The van der Waals surface area contributed by atoms with Gasteiger partial charge in [0.2, 0.25) is 5.91 Å². The highest BCUT2D eigenvalue weighted by atomic mass is 35.5. The van der Waals surface area contributed by atoms with E-state index in [-0.39, 0.29) is 30.3 Å². The predicted octanol–water partition coefficient (Wildman–Crippen LogP) is 2.56. The third kappa shape index (κ3) is 3.67. The van der Waals surface area contributed by atoms with Crippen LogP contribution in [0.4, 0.5) is 0 Å². The van der Waals surface area contributed by atoms with Gasteiger partial charge in [-0.1, -0.05) is 18.0 Å². The second kappa shape index (κ2) is 7.53. The van der Waals surface area contributed by atoms with Crippen molar-refractivity contribution >= 4 is 29.9 Å². The zero-order chi connectivity index (χ0) is 14.8. The van der Waals surface area contributed by atoms with Gasteiger partial charge in [-0.2, -0.15) is 0 Å². The molecule has 3 N–H and O–H groups in total. The van der Waals surface area contributed by atoms with Crippen LogP contribution < -0.4 is 15.8 Å². The summed E-state index contributed by atoms with van der Waals surface area (Å²) in [6.45, 7) is 1.07. The van der Waals surface area contributed by atoms with Gasteiger partial charge in [0.25, 0.3) is 0 Å². The summed E-state index contributed by atoms with van der Waals surface area (Å²) in [6, 6.07) is 5.79. The van der Waals surface area contributed by atoms with Crippen LogP contribution in [-0.4, -0.2) is 25.1 Å². The molecule has 1 aliphatic carbocycles. The summed E-state index contributed by atoms with van der Waals surface area (Å²) in [4.78, 5) is 12.4. The van der Waals surface area contributed by atoms with Crippen LogP contribution in [0.2, 0.25) is 5.02 Å². The average molecular weight is 345 g/mol. The van der Waals surface area contributed by atoms with Crippen LogP contribution in [0.25, 0.3) is 0 Å². The second-order valence-corrected chi connectivity index (χ2v) is 6.44. The molecule has 0 spiro atoms. The maximum Gasteiger partial charge on any atom is 0.227 e. The number of carbonyl (C=O) groups is 1. The van der Waals surface area contributed by atoms with Gasteiger partial charge in [-0.15, -0.1) is 12.4 Å². The lowest BCUT2D eigenvalue weighted by molar-refractivity contribution is -0.127. The quantitative estimate of drug-likeness (QED) is 0.885. The van der Waals surface area contributed by atoms with E-state index in [9.17, 15) is 4.79 Å². The first kappa shape index (κ1) is 17.4. The summed E-state index contributed by atoms with van der Waals surface area (Å²) < 4.78 is 5.69. The number of amides is 1. The summed E-state index contributed by atoms with van der Waals surface area (Å²) in [7, 11) is 0. The van der Waals surface area contributed by atoms with Gasteiger partial charge in [-0.3, -0.25) is 4.79 Å². The lowest BCUT2D eigenvalue weighted by Gasteiger charge is -2.27. The fourth-order valence-electron chi connectivity index (χ4n) is 3.34. The van der Waals surface area contributed by atoms with Gasteiger partial charge in [-0.25, -0.2) is 0 Å². The molecule has 4 nitrogen and oxygen atoms in total. The van der Waals surface area contributed by atoms with Crippen LogP contribution in [0.5, 0.6) is 5.75 Å². The number of fused-ring (bicyclic) bond motifs is 1. The van der Waals surface area contributed by atoms with Crippen molar-refractivity contribution in [1.82, 2.24) is 5.32 Å². The van der Waals surface area contributed by atoms with Gasteiger partial charge in [0.05, 0.1) is 5.92 Å². The first-order valence-electron chi connectivity index (χ1n) is 7.59. The highest BCUT2D eigenvalue weighted by molar-refractivity contribution is 6.30. The molecule has 2 aliphatic rings. The number of nitrogens with one attached hydrogen (secondary N) is 1. The van der Waals surface area contributed by atoms with Gasteiger partial charge in [-0.05, 0) is 55.5 Å². The summed E-state index contributed by atoms with van der Waals surface area (Å²) in [5.41, 5.74) is 6.78. The first-order chi connectivity index (χ1) is 10.2. The molecule has 0 radical (unpaired) electrons. The highest BCUT2D eigenvalue weighted by Gasteiger charge is 2.31. The molecule has 3 rings (SSSR count). The molecular weight excluding hydrogens is 323 g/mol. The molecule has 1 fully saturated rings. The Bertz CT molecular complexity index is 539. The molecule has 1 amide bonds. The highest BCUT2D eigenvalue weighted by Crippen LogP contribution is 2.30. The Labute approximate surface area is 142 Å². The fourth-order valence-corrected chi connectivity index (χ4v) is 3.54. The van der Waals surface area contributed by atoms with E-state index in [4.69, 9.17) is 22.1 Å². The maximum atomic E-state index is 12.4. The SMILES string of the molecule is Cl.NCC1CCCC1NC(=O)C1COc2ccc(Cl)cc2C1. The number of hydrogen-bond acceptors (Lipinski definition) is 3. The number of carbonyl (C=O) groups excluding carboxylic acids is 1. The number of benzene rings is 1. The molecule has 3 unspecified atom stereocenters. The van der Waals surface area contributed by atoms with E-state index in [0.29, 0.717) is 30.5 Å². The Hall–Kier alpha value is -0.970. The van der Waals surface area contributed by atoms with E-state index in [1.54, 1.807) is 0 Å². The molecule has 122 valence electrons. The molecule has 3 atom stereocenters. The van der Waals surface area contributed by atoms with Crippen molar-refractivity contribution in [3.05, 3.63) is 28.8 Å². The molecule has 1 heterocycles. The second-order valence-electron chi connectivity index (χ2n) is 6.01. The Balaban J connectivity index is 0.00000176. The van der Waals surface area contributed by atoms with Gasteiger partial charge >= 0.3 is 0 Å². The minimum Gasteiger partial charge on any atom is -0.492 e. The van der Waals surface area contributed by atoms with Crippen LogP contribution in [-0.2, 0) is 11.2 Å². The van der Waals surface area contributed by atoms with E-state index >= 15 is 0 Å². The molecule has 6 heteroatoms. The number of ether oxygens (including phenoxy) is 1. The standard InChI is InChI=1S/C16H21ClN2O2.ClH/c17-13-4-5-15-11(7-13)6-12(9-21-15)16(20)19-14-3-1-2-10(14)8-18;/h4-5,7,10,12,14H,1-3,6,8-9,18H2,(H,19,20);1H. The number of hydrogen-bond donors (Lipinski definition) is 2. The van der Waals surface area contributed by atoms with Crippen LogP contribution in [0.3, 0.4) is 0 Å². The van der Waals surface area contributed by atoms with Crippen LogP contribution >= 0.6 is 24.0 Å². The van der Waals surface area contributed by atoms with Crippen molar-refractivity contribution in [1.29, 1.82) is 0 Å². The Morgan fingerprint density at radius 3 is 3.00 bits per heavy atom. The van der Waals surface area contributed by atoms with Crippen molar-refractivity contribution in [2.75, 3.05) is 13.2 Å². The summed E-state index contributed by atoms with van der Waals surface area (Å²) in [6.07, 6.45) is 3.97. The normalized spacial score (nSPS) is 26.5. The van der Waals surface area contributed by atoms with Crippen LogP contribution in [0.1, 0.15) is 24.8 Å². The Kier molecular flexibility index (Phi) is 5.95. The number of rotatable bonds is 3. The molecule has 1 saturated carbocycles. The summed E-state index contributed by atoms with van der Waals surface area (Å²) >= 11 is 6.01. The fraction of sp³-hybridized carbons (Fsp3) is 0.562. The molecule has 1 aromatic carbocycles. The zero-order valence-corrected chi connectivity index (χ0v) is 14.0. The smallest absolute Gasteiger partial charge is 0.227 e. The van der Waals surface area contributed by atoms with Crippen molar-refractivity contribution in [3.8, 4) is 5.75 Å². The van der Waals surface area contributed by atoms with E-state index in [1.165, 1.54) is 0 Å². The van der Waals surface area contributed by atoms with E-state index < -0.39 is 0 Å². The molecule has 0 saturated heterocycles. The lowest BCUT2D eigenvalue weighted by atomic mass is 9.95. The zero-order valence-electron chi connectivity index (χ0n) is 12.4. The molecule has 0 bridgehead atoms. The topological polar surface area (TPSA) is 64.3 Å². The monoisotopic (exact) mass is 344 g/mol. The minimum atomic E-state index is -0.144. The molecule has 1 aromatic rings. The van der Waals surface area contributed by atoms with Crippen molar-refractivity contribution in [2.24, 2.45) is 17.6 Å². The Morgan fingerprint density at radius 2 is 2.23 bits per heavy atom. The summed E-state index contributed by atoms with van der Waals surface area (Å²) in [5, 5.41) is 3.84. The van der Waals surface area contributed by atoms with Crippen molar-refractivity contribution in [2.45, 2.75) is 31.7 Å². The van der Waals surface area contributed by atoms with E-state index in [2.05, 4.69) is 5.32 Å². The molecule has 1 aliphatic heterocycles. The van der Waals surface area contributed by atoms with Crippen molar-refractivity contribution < 1.29 is 9.53 Å². The Morgan fingerprint density at radius 1 is 1.41 bits per heavy atom. The summed E-state index contributed by atoms with van der Waals surface area (Å²) in [5.74, 6) is 1.19. The third-order valence-corrected chi connectivity index (χ3v) is 4.82. The van der Waals surface area contributed by atoms with Gasteiger partial charge in [0.1, 0.15) is 12.4 Å². The van der Waals surface area contributed by atoms with Gasteiger partial charge < -0.3 is 15.8 Å². The maximum absolute atomic E-state index is 12.4. The number of nitrogens with two attached hydrogens (primary N) is 1. The number of halogens is 2. The molecule has 22 heavy (non-hydrogen) atoms. The van der Waals surface area contributed by atoms with Gasteiger partial charge in [0, 0.05) is 11.1 Å². The van der Waals surface area contributed by atoms with E-state index in [0.717, 1.165) is 30.6 Å². The van der Waals surface area contributed by atoms with E-state index in [1.807, 2.05) is 18.2 Å². The predicted molar refractivity (Wildman–Crippen MR) is 89.7 cm³/mol. The average Bonchev–Trinajstić information content (AvgIpc) is 2.93. The molecular formula is C16H22Cl2N2O2. The first-order valence-corrected chi connectivity index (χ1v) is 7.97. The van der Waals surface area contributed by atoms with Crippen LogP contribution in [0.15, 0.2) is 18.2 Å². The molecule has 0 aromatic heterocycles. The van der Waals surface area contributed by atoms with Crippen LogP contribution in [0, 0.1) is 11.8 Å². The lowest BCUT2D eigenvalue weighted by Crippen LogP contribution is -2.45. The van der Waals surface area contributed by atoms with Crippen molar-refractivity contribution in [3.63, 3.8) is 0 Å². The van der Waals surface area contributed by atoms with Gasteiger partial charge in [0.15, 0.2) is 0 Å². The largest absolute Gasteiger partial charge is 0.492 e. The third-order valence-electron chi connectivity index (χ3n) is 4.59.